The van der Waals surface area contributed by atoms with E-state index in [-0.39, 0.29) is 19.0 Å². The lowest BCUT2D eigenvalue weighted by molar-refractivity contribution is 0.0441. The van der Waals surface area contributed by atoms with E-state index in [4.69, 9.17) is 22.1 Å². The van der Waals surface area contributed by atoms with E-state index in [9.17, 15) is 9.90 Å². The summed E-state index contributed by atoms with van der Waals surface area (Å²) >= 11 is 6.34. The van der Waals surface area contributed by atoms with Crippen molar-refractivity contribution in [1.82, 2.24) is 0 Å². The molecule has 0 radical (unpaired) electrons. The van der Waals surface area contributed by atoms with Crippen molar-refractivity contribution in [1.29, 1.82) is 0 Å². The molecule has 1 atom stereocenters. The minimum Gasteiger partial charge on any atom is -0.394 e. The molecule has 0 bridgehead atoms. The number of halogens is 1. The SMILES string of the molecule is CCC(N)(CO)COCc1ccc(C(=O)CCCc2ccc(C)c(C)c2)cc1Cl. The minimum atomic E-state index is -0.738. The first-order valence-electron chi connectivity index (χ1n) is 10.1. The van der Waals surface area contributed by atoms with Crippen LogP contribution in [0.25, 0.3) is 0 Å². The molecule has 2 aromatic carbocycles. The van der Waals surface area contributed by atoms with E-state index in [1.54, 1.807) is 12.1 Å². The molecule has 3 N–H and O–H groups in total. The molecule has 158 valence electrons. The number of benzene rings is 2. The predicted octanol–water partition coefficient (Wildman–Crippen LogP) is 4.78. The van der Waals surface area contributed by atoms with Gasteiger partial charge in [-0.1, -0.05) is 48.9 Å². The molecule has 0 aliphatic rings. The Hall–Kier alpha value is -1.72. The lowest BCUT2D eigenvalue weighted by Crippen LogP contribution is -2.47. The van der Waals surface area contributed by atoms with Crippen LogP contribution in [-0.4, -0.2) is 29.6 Å². The second-order valence-electron chi connectivity index (χ2n) is 7.87. The summed E-state index contributed by atoms with van der Waals surface area (Å²) in [6, 6.07) is 11.8. The van der Waals surface area contributed by atoms with E-state index in [0.29, 0.717) is 30.0 Å². The van der Waals surface area contributed by atoms with Crippen molar-refractivity contribution in [2.75, 3.05) is 13.2 Å². The zero-order valence-electron chi connectivity index (χ0n) is 17.6. The van der Waals surface area contributed by atoms with Gasteiger partial charge in [0, 0.05) is 17.0 Å². The van der Waals surface area contributed by atoms with Gasteiger partial charge in [0.15, 0.2) is 5.78 Å². The highest BCUT2D eigenvalue weighted by molar-refractivity contribution is 6.31. The summed E-state index contributed by atoms with van der Waals surface area (Å²) < 4.78 is 5.63. The lowest BCUT2D eigenvalue weighted by Gasteiger charge is -2.25. The third kappa shape index (κ3) is 6.93. The van der Waals surface area contributed by atoms with Gasteiger partial charge in [-0.3, -0.25) is 4.79 Å². The molecule has 0 spiro atoms. The fourth-order valence-electron chi connectivity index (χ4n) is 3.02. The van der Waals surface area contributed by atoms with Crippen LogP contribution in [0.3, 0.4) is 0 Å². The van der Waals surface area contributed by atoms with Crippen molar-refractivity contribution >= 4 is 17.4 Å². The van der Waals surface area contributed by atoms with E-state index in [1.165, 1.54) is 16.7 Å². The van der Waals surface area contributed by atoms with Gasteiger partial charge in [-0.2, -0.15) is 0 Å². The standard InChI is InChI=1S/C24H32ClNO3/c1-4-24(26,15-27)16-29-14-21-11-10-20(13-22(21)25)23(28)7-5-6-19-9-8-17(2)18(3)12-19/h8-13,27H,4-7,14-16,26H2,1-3H3. The Bertz CT molecular complexity index is 831. The minimum absolute atomic E-state index is 0.0930. The summed E-state index contributed by atoms with van der Waals surface area (Å²) in [5.74, 6) is 0.0930. The third-order valence-electron chi connectivity index (χ3n) is 5.48. The van der Waals surface area contributed by atoms with E-state index in [2.05, 4.69) is 32.0 Å². The highest BCUT2D eigenvalue weighted by atomic mass is 35.5. The summed E-state index contributed by atoms with van der Waals surface area (Å²) in [6.07, 6.45) is 2.80. The second-order valence-corrected chi connectivity index (χ2v) is 8.28. The van der Waals surface area contributed by atoms with Gasteiger partial charge in [-0.05, 0) is 61.4 Å². The van der Waals surface area contributed by atoms with Crippen molar-refractivity contribution < 1.29 is 14.6 Å². The van der Waals surface area contributed by atoms with Crippen LogP contribution in [-0.2, 0) is 17.8 Å². The van der Waals surface area contributed by atoms with Gasteiger partial charge in [0.25, 0.3) is 0 Å². The van der Waals surface area contributed by atoms with Crippen molar-refractivity contribution in [2.45, 2.75) is 58.6 Å². The number of ether oxygens (including phenoxy) is 1. The smallest absolute Gasteiger partial charge is 0.162 e. The molecule has 0 heterocycles. The Labute approximate surface area is 179 Å². The summed E-state index contributed by atoms with van der Waals surface area (Å²) in [5.41, 5.74) is 10.5. The van der Waals surface area contributed by atoms with Crippen molar-refractivity contribution in [2.24, 2.45) is 5.73 Å². The monoisotopic (exact) mass is 417 g/mol. The maximum absolute atomic E-state index is 12.5. The van der Waals surface area contributed by atoms with Gasteiger partial charge in [-0.15, -0.1) is 0 Å². The van der Waals surface area contributed by atoms with Crippen LogP contribution < -0.4 is 5.73 Å². The van der Waals surface area contributed by atoms with Crippen LogP contribution in [0.2, 0.25) is 5.02 Å². The van der Waals surface area contributed by atoms with Crippen LogP contribution >= 0.6 is 11.6 Å². The van der Waals surface area contributed by atoms with Gasteiger partial charge >= 0.3 is 0 Å². The van der Waals surface area contributed by atoms with Crippen molar-refractivity contribution in [3.05, 3.63) is 69.2 Å². The molecule has 5 heteroatoms. The largest absolute Gasteiger partial charge is 0.394 e. The number of hydrogen-bond acceptors (Lipinski definition) is 4. The van der Waals surface area contributed by atoms with E-state index >= 15 is 0 Å². The van der Waals surface area contributed by atoms with Gasteiger partial charge < -0.3 is 15.6 Å². The fraction of sp³-hybridized carbons (Fsp3) is 0.458. The molecule has 0 aromatic heterocycles. The highest BCUT2D eigenvalue weighted by Gasteiger charge is 2.22. The molecule has 0 aliphatic heterocycles. The number of hydrogen-bond donors (Lipinski definition) is 2. The summed E-state index contributed by atoms with van der Waals surface area (Å²) in [6.45, 7) is 6.52. The average molecular weight is 418 g/mol. The van der Waals surface area contributed by atoms with E-state index < -0.39 is 5.54 Å². The first-order chi connectivity index (χ1) is 13.8. The quantitative estimate of drug-likeness (QED) is 0.516. The number of aryl methyl sites for hydroxylation is 3. The maximum atomic E-state index is 12.5. The first-order valence-corrected chi connectivity index (χ1v) is 10.5. The molecular formula is C24H32ClNO3. The maximum Gasteiger partial charge on any atom is 0.162 e. The van der Waals surface area contributed by atoms with Crippen molar-refractivity contribution in [3.8, 4) is 0 Å². The van der Waals surface area contributed by atoms with Crippen LogP contribution in [0.15, 0.2) is 36.4 Å². The second kappa shape index (κ2) is 10.9. The number of aliphatic hydroxyl groups excluding tert-OH is 1. The number of carbonyl (C=O) groups excluding carboxylic acids is 1. The lowest BCUT2D eigenvalue weighted by atomic mass is 9.99. The van der Waals surface area contributed by atoms with Crippen LogP contribution in [0.1, 0.15) is 58.8 Å². The number of carbonyl (C=O) groups is 1. The molecule has 0 saturated heterocycles. The van der Waals surface area contributed by atoms with Crippen LogP contribution in [0.4, 0.5) is 0 Å². The molecule has 29 heavy (non-hydrogen) atoms. The molecule has 1 unspecified atom stereocenters. The average Bonchev–Trinajstić information content (AvgIpc) is 2.71. The molecular weight excluding hydrogens is 386 g/mol. The fourth-order valence-corrected chi connectivity index (χ4v) is 3.25. The molecule has 0 amide bonds. The van der Waals surface area contributed by atoms with Crippen LogP contribution in [0, 0.1) is 13.8 Å². The summed E-state index contributed by atoms with van der Waals surface area (Å²) in [7, 11) is 0. The molecule has 0 aliphatic carbocycles. The highest BCUT2D eigenvalue weighted by Crippen LogP contribution is 2.21. The Kier molecular flexibility index (Phi) is 8.84. The Morgan fingerprint density at radius 1 is 1.17 bits per heavy atom. The third-order valence-corrected chi connectivity index (χ3v) is 5.83. The van der Waals surface area contributed by atoms with Crippen molar-refractivity contribution in [3.63, 3.8) is 0 Å². The normalized spacial score (nSPS) is 13.3. The van der Waals surface area contributed by atoms with Gasteiger partial charge in [0.05, 0.1) is 25.4 Å². The first kappa shape index (κ1) is 23.6. The number of Topliss-reactive ketones (excluding diaryl/α,β-unsaturated/α-hetero) is 1. The zero-order valence-corrected chi connectivity index (χ0v) is 18.4. The molecule has 2 rings (SSSR count). The number of aliphatic hydroxyl groups is 1. The van der Waals surface area contributed by atoms with Gasteiger partial charge in [-0.25, -0.2) is 0 Å². The summed E-state index contributed by atoms with van der Waals surface area (Å²) in [5, 5.41) is 9.84. The zero-order chi connectivity index (χ0) is 21.4. The number of ketones is 1. The van der Waals surface area contributed by atoms with E-state index in [1.807, 2.05) is 13.0 Å². The topological polar surface area (TPSA) is 72.6 Å². The van der Waals surface area contributed by atoms with Gasteiger partial charge in [0.1, 0.15) is 0 Å². The molecule has 0 saturated carbocycles. The van der Waals surface area contributed by atoms with Crippen LogP contribution in [0.5, 0.6) is 0 Å². The molecule has 2 aromatic rings. The van der Waals surface area contributed by atoms with E-state index in [0.717, 1.165) is 18.4 Å². The molecule has 4 nitrogen and oxygen atoms in total. The molecule has 0 fully saturated rings. The Balaban J connectivity index is 1.86. The number of nitrogens with two attached hydrogens (primary N) is 1. The summed E-state index contributed by atoms with van der Waals surface area (Å²) in [4.78, 5) is 12.5. The Morgan fingerprint density at radius 2 is 1.93 bits per heavy atom. The Morgan fingerprint density at radius 3 is 2.55 bits per heavy atom. The van der Waals surface area contributed by atoms with Gasteiger partial charge in [0.2, 0.25) is 0 Å². The predicted molar refractivity (Wildman–Crippen MR) is 119 cm³/mol. The number of rotatable bonds is 11.